The zero-order valence-corrected chi connectivity index (χ0v) is 13.0. The summed E-state index contributed by atoms with van der Waals surface area (Å²) < 4.78 is 13.0. The van der Waals surface area contributed by atoms with Crippen molar-refractivity contribution in [2.45, 2.75) is 0 Å². The third-order valence-electron chi connectivity index (χ3n) is 3.08. The number of benzene rings is 2. The quantitative estimate of drug-likeness (QED) is 0.891. The van der Waals surface area contributed by atoms with Gasteiger partial charge in [0.2, 0.25) is 5.91 Å². The lowest BCUT2D eigenvalue weighted by molar-refractivity contribution is -0.114. The Bertz CT molecular complexity index is 716. The van der Waals surface area contributed by atoms with Gasteiger partial charge in [0.05, 0.1) is 6.54 Å². The van der Waals surface area contributed by atoms with Gasteiger partial charge in [-0.3, -0.25) is 9.59 Å². The highest BCUT2D eigenvalue weighted by atomic mass is 19.1. The molecule has 0 aliphatic carbocycles. The smallest absolute Gasteiger partial charge is 0.253 e. The van der Waals surface area contributed by atoms with Gasteiger partial charge < -0.3 is 15.5 Å². The lowest BCUT2D eigenvalue weighted by Crippen LogP contribution is -2.23. The molecule has 0 heterocycles. The fourth-order valence-corrected chi connectivity index (χ4v) is 1.97. The van der Waals surface area contributed by atoms with Crippen LogP contribution in [0.5, 0.6) is 0 Å². The number of nitrogens with zero attached hydrogens (tertiary/aromatic N) is 1. The van der Waals surface area contributed by atoms with Crippen LogP contribution in [0.1, 0.15) is 10.4 Å². The van der Waals surface area contributed by atoms with Crippen molar-refractivity contribution in [3.63, 3.8) is 0 Å². The molecular formula is C17H18FN3O2. The summed E-state index contributed by atoms with van der Waals surface area (Å²) in [5.41, 5.74) is 1.55. The van der Waals surface area contributed by atoms with Gasteiger partial charge in [-0.2, -0.15) is 0 Å². The zero-order valence-electron chi connectivity index (χ0n) is 13.0. The molecule has 0 fully saturated rings. The van der Waals surface area contributed by atoms with Gasteiger partial charge in [-0.1, -0.05) is 12.1 Å². The van der Waals surface area contributed by atoms with Crippen LogP contribution < -0.4 is 10.6 Å². The number of carbonyl (C=O) groups excluding carboxylic acids is 2. The van der Waals surface area contributed by atoms with E-state index in [0.29, 0.717) is 16.9 Å². The van der Waals surface area contributed by atoms with Crippen molar-refractivity contribution in [1.29, 1.82) is 0 Å². The van der Waals surface area contributed by atoms with Crippen molar-refractivity contribution in [1.82, 2.24) is 4.90 Å². The van der Waals surface area contributed by atoms with Gasteiger partial charge in [0.15, 0.2) is 0 Å². The summed E-state index contributed by atoms with van der Waals surface area (Å²) in [6.07, 6.45) is 0. The molecule has 2 aromatic rings. The highest BCUT2D eigenvalue weighted by Crippen LogP contribution is 2.12. The summed E-state index contributed by atoms with van der Waals surface area (Å²) in [7, 11) is 3.33. The van der Waals surface area contributed by atoms with E-state index < -0.39 is 0 Å². The Morgan fingerprint density at radius 3 is 2.43 bits per heavy atom. The van der Waals surface area contributed by atoms with E-state index in [9.17, 15) is 14.0 Å². The van der Waals surface area contributed by atoms with Gasteiger partial charge in [0, 0.05) is 31.0 Å². The molecule has 2 amide bonds. The monoisotopic (exact) mass is 315 g/mol. The molecule has 0 spiro atoms. The molecule has 0 atom stereocenters. The van der Waals surface area contributed by atoms with Crippen molar-refractivity contribution < 1.29 is 14.0 Å². The second-order valence-corrected chi connectivity index (χ2v) is 5.19. The Morgan fingerprint density at radius 2 is 1.74 bits per heavy atom. The molecule has 0 saturated carbocycles. The molecule has 2 rings (SSSR count). The van der Waals surface area contributed by atoms with Gasteiger partial charge in [0.25, 0.3) is 5.91 Å². The lowest BCUT2D eigenvalue weighted by atomic mass is 10.2. The molecule has 0 radical (unpaired) electrons. The maximum absolute atomic E-state index is 13.0. The van der Waals surface area contributed by atoms with Gasteiger partial charge in [-0.15, -0.1) is 0 Å². The van der Waals surface area contributed by atoms with Crippen LogP contribution in [0.15, 0.2) is 48.5 Å². The van der Waals surface area contributed by atoms with Crippen molar-refractivity contribution in [2.75, 3.05) is 31.3 Å². The number of nitrogens with one attached hydrogen (secondary N) is 2. The van der Waals surface area contributed by atoms with E-state index in [-0.39, 0.29) is 24.2 Å². The van der Waals surface area contributed by atoms with E-state index in [0.717, 1.165) is 0 Å². The number of carbonyl (C=O) groups is 2. The van der Waals surface area contributed by atoms with E-state index in [1.54, 1.807) is 50.5 Å². The number of anilines is 2. The van der Waals surface area contributed by atoms with Crippen LogP contribution in [0, 0.1) is 5.82 Å². The Labute approximate surface area is 134 Å². The maximum Gasteiger partial charge on any atom is 0.253 e. The topological polar surface area (TPSA) is 61.4 Å². The Hall–Kier alpha value is -2.89. The predicted molar refractivity (Wildman–Crippen MR) is 88.0 cm³/mol. The molecule has 0 aliphatic rings. The van der Waals surface area contributed by atoms with E-state index in [2.05, 4.69) is 10.6 Å². The molecule has 6 heteroatoms. The number of hydrogen-bond donors (Lipinski definition) is 2. The highest BCUT2D eigenvalue weighted by Gasteiger charge is 2.09. The molecule has 0 saturated heterocycles. The van der Waals surface area contributed by atoms with Crippen LogP contribution >= 0.6 is 0 Å². The first kappa shape index (κ1) is 16.5. The van der Waals surface area contributed by atoms with Crippen molar-refractivity contribution in [3.8, 4) is 0 Å². The van der Waals surface area contributed by atoms with E-state index in [1.807, 2.05) is 0 Å². The fraction of sp³-hybridized carbons (Fsp3) is 0.176. The first-order valence-corrected chi connectivity index (χ1v) is 7.07. The van der Waals surface area contributed by atoms with Crippen molar-refractivity contribution >= 4 is 23.2 Å². The molecule has 120 valence electrons. The minimum absolute atomic E-state index is 0.00465. The summed E-state index contributed by atoms with van der Waals surface area (Å²) >= 11 is 0. The number of halogens is 1. The molecule has 2 N–H and O–H groups in total. The summed E-state index contributed by atoms with van der Waals surface area (Å²) in [6, 6.07) is 12.6. The normalized spacial score (nSPS) is 10.0. The molecule has 0 aliphatic heterocycles. The van der Waals surface area contributed by atoms with E-state index in [4.69, 9.17) is 0 Å². The second kappa shape index (κ2) is 7.40. The largest absolute Gasteiger partial charge is 0.376 e. The van der Waals surface area contributed by atoms with Gasteiger partial charge in [-0.05, 0) is 36.4 Å². The first-order valence-electron chi connectivity index (χ1n) is 7.07. The van der Waals surface area contributed by atoms with Gasteiger partial charge in [-0.25, -0.2) is 4.39 Å². The Balaban J connectivity index is 1.95. The fourth-order valence-electron chi connectivity index (χ4n) is 1.97. The molecule has 0 bridgehead atoms. The summed E-state index contributed by atoms with van der Waals surface area (Å²) in [5, 5.41) is 5.53. The highest BCUT2D eigenvalue weighted by molar-refractivity contribution is 5.97. The van der Waals surface area contributed by atoms with Crippen LogP contribution in [0.2, 0.25) is 0 Å². The lowest BCUT2D eigenvalue weighted by Gasteiger charge is -2.12. The molecule has 2 aromatic carbocycles. The van der Waals surface area contributed by atoms with Crippen LogP contribution in [0.4, 0.5) is 15.8 Å². The molecule has 0 unspecified atom stereocenters. The average molecular weight is 315 g/mol. The van der Waals surface area contributed by atoms with Gasteiger partial charge >= 0.3 is 0 Å². The zero-order chi connectivity index (χ0) is 16.8. The third-order valence-corrected chi connectivity index (χ3v) is 3.08. The van der Waals surface area contributed by atoms with Crippen molar-refractivity contribution in [2.24, 2.45) is 0 Å². The predicted octanol–water partition coefficient (Wildman–Crippen LogP) is 2.58. The Morgan fingerprint density at radius 1 is 1.04 bits per heavy atom. The van der Waals surface area contributed by atoms with Crippen LogP contribution in [0.25, 0.3) is 0 Å². The van der Waals surface area contributed by atoms with E-state index >= 15 is 0 Å². The minimum atomic E-state index is -0.370. The van der Waals surface area contributed by atoms with Crippen LogP contribution in [-0.4, -0.2) is 37.4 Å². The van der Waals surface area contributed by atoms with E-state index in [1.165, 1.54) is 17.0 Å². The number of amides is 2. The molecular weight excluding hydrogens is 297 g/mol. The second-order valence-electron chi connectivity index (χ2n) is 5.19. The number of hydrogen-bond acceptors (Lipinski definition) is 3. The van der Waals surface area contributed by atoms with Crippen LogP contribution in [-0.2, 0) is 4.79 Å². The first-order chi connectivity index (χ1) is 11.0. The van der Waals surface area contributed by atoms with Gasteiger partial charge in [0.1, 0.15) is 5.82 Å². The molecule has 0 aromatic heterocycles. The third kappa shape index (κ3) is 4.81. The number of rotatable bonds is 5. The summed E-state index contributed by atoms with van der Waals surface area (Å²) in [4.78, 5) is 25.3. The van der Waals surface area contributed by atoms with Crippen molar-refractivity contribution in [3.05, 3.63) is 59.9 Å². The Kier molecular flexibility index (Phi) is 5.30. The summed E-state index contributed by atoms with van der Waals surface area (Å²) in [6.45, 7) is -0.00465. The molecule has 5 nitrogen and oxygen atoms in total. The minimum Gasteiger partial charge on any atom is -0.376 e. The summed E-state index contributed by atoms with van der Waals surface area (Å²) in [5.74, 6) is -0.798. The maximum atomic E-state index is 13.0. The SMILES string of the molecule is CN(C)C(=O)c1cccc(NC(=O)CNc2cccc(F)c2)c1. The molecule has 23 heavy (non-hydrogen) atoms. The van der Waals surface area contributed by atoms with Crippen LogP contribution in [0.3, 0.4) is 0 Å². The standard InChI is InChI=1S/C17H18FN3O2/c1-21(2)17(23)12-5-3-8-15(9-12)20-16(22)11-19-14-7-4-6-13(18)10-14/h3-10,19H,11H2,1-2H3,(H,20,22). The average Bonchev–Trinajstić information content (AvgIpc) is 2.52.